The Labute approximate surface area is 262 Å². The van der Waals surface area contributed by atoms with E-state index in [0.29, 0.717) is 17.4 Å². The number of nitrogens with one attached hydrogen (secondary N) is 1. The molecule has 222 valence electrons. The highest BCUT2D eigenvalue weighted by atomic mass is 32.2. The molecule has 1 N–H and O–H groups in total. The summed E-state index contributed by atoms with van der Waals surface area (Å²) in [6.07, 6.45) is 0.795. The molecule has 1 unspecified atom stereocenters. The normalized spacial score (nSPS) is 14.5. The average molecular weight is 625 g/mol. The molecule has 11 heteroatoms. The summed E-state index contributed by atoms with van der Waals surface area (Å²) in [7, 11) is 0. The standard InChI is InChI=1S/C33H29FN6O2S2/c1-22-7-5-10-26(17-22)39-30(20-35-31(41)18-23-8-3-2-4-9-23)36-37-33(39)44-21-32(42)40-28(24-12-14-25(34)15-13-24)19-27(38-40)29-11-6-16-43-29/h2-17,28H,18-21H2,1H3,(H,35,41). The van der Waals surface area contributed by atoms with Crippen LogP contribution in [0.5, 0.6) is 0 Å². The number of carbonyl (C=O) groups excluding carboxylic acids is 2. The molecular formula is C33H29FN6O2S2. The van der Waals surface area contributed by atoms with Gasteiger partial charge < -0.3 is 5.32 Å². The second kappa shape index (κ2) is 13.4. The molecule has 1 atom stereocenters. The average Bonchev–Trinajstić information content (AvgIpc) is 3.80. The van der Waals surface area contributed by atoms with Gasteiger partial charge in [0.15, 0.2) is 11.0 Å². The fourth-order valence-electron chi connectivity index (χ4n) is 5.02. The first-order valence-corrected chi connectivity index (χ1v) is 15.9. The van der Waals surface area contributed by atoms with Crippen LogP contribution in [0, 0.1) is 12.7 Å². The Bertz CT molecular complexity index is 1790. The lowest BCUT2D eigenvalue weighted by Crippen LogP contribution is -2.28. The monoisotopic (exact) mass is 624 g/mol. The van der Waals surface area contributed by atoms with E-state index in [1.807, 2.05) is 83.6 Å². The number of rotatable bonds is 10. The van der Waals surface area contributed by atoms with Crippen LogP contribution in [-0.2, 0) is 22.6 Å². The lowest BCUT2D eigenvalue weighted by atomic mass is 10.0. The highest BCUT2D eigenvalue weighted by Gasteiger charge is 2.33. The SMILES string of the molecule is Cc1cccc(-n2c(CNC(=O)Cc3ccccc3)nnc2SCC(=O)N2N=C(c3cccs3)CC2c2ccc(F)cc2)c1. The molecule has 1 aliphatic heterocycles. The minimum atomic E-state index is -0.342. The minimum Gasteiger partial charge on any atom is -0.348 e. The number of hydrazone groups is 1. The van der Waals surface area contributed by atoms with Gasteiger partial charge in [0.25, 0.3) is 5.91 Å². The first kappa shape index (κ1) is 29.5. The molecule has 3 heterocycles. The number of hydrogen-bond acceptors (Lipinski definition) is 7. The second-order valence-corrected chi connectivity index (χ2v) is 12.2. The van der Waals surface area contributed by atoms with Crippen LogP contribution in [0.4, 0.5) is 4.39 Å². The largest absolute Gasteiger partial charge is 0.348 e. The zero-order chi connectivity index (χ0) is 30.5. The van der Waals surface area contributed by atoms with Crippen molar-refractivity contribution in [3.05, 3.63) is 130 Å². The van der Waals surface area contributed by atoms with Crippen LogP contribution in [0.25, 0.3) is 5.69 Å². The number of aromatic nitrogens is 3. The van der Waals surface area contributed by atoms with E-state index in [4.69, 9.17) is 5.10 Å². The van der Waals surface area contributed by atoms with E-state index in [1.165, 1.54) is 28.9 Å². The molecule has 2 aromatic heterocycles. The maximum Gasteiger partial charge on any atom is 0.253 e. The maximum absolute atomic E-state index is 13.7. The molecule has 44 heavy (non-hydrogen) atoms. The number of thiophene rings is 1. The van der Waals surface area contributed by atoms with Crippen molar-refractivity contribution in [3.63, 3.8) is 0 Å². The van der Waals surface area contributed by atoms with E-state index in [9.17, 15) is 14.0 Å². The Morgan fingerprint density at radius 2 is 1.82 bits per heavy atom. The van der Waals surface area contributed by atoms with Gasteiger partial charge in [-0.1, -0.05) is 72.4 Å². The van der Waals surface area contributed by atoms with Crippen LogP contribution in [0.2, 0.25) is 0 Å². The van der Waals surface area contributed by atoms with Crippen molar-refractivity contribution in [1.29, 1.82) is 0 Å². The predicted octanol–water partition coefficient (Wildman–Crippen LogP) is 6.11. The van der Waals surface area contributed by atoms with Crippen molar-refractivity contribution in [3.8, 4) is 5.69 Å². The molecule has 5 aromatic rings. The van der Waals surface area contributed by atoms with Crippen molar-refractivity contribution in [2.75, 3.05) is 5.75 Å². The summed E-state index contributed by atoms with van der Waals surface area (Å²) in [5.74, 6) is -0.0482. The summed E-state index contributed by atoms with van der Waals surface area (Å²) in [6, 6.07) is 27.2. The summed E-state index contributed by atoms with van der Waals surface area (Å²) in [4.78, 5) is 27.4. The molecule has 2 amide bonds. The quantitative estimate of drug-likeness (QED) is 0.190. The predicted molar refractivity (Wildman–Crippen MR) is 170 cm³/mol. The molecule has 3 aromatic carbocycles. The first-order valence-electron chi connectivity index (χ1n) is 14.1. The van der Waals surface area contributed by atoms with Crippen LogP contribution in [-0.4, -0.2) is 43.1 Å². The topological polar surface area (TPSA) is 92.5 Å². The number of hydrogen-bond donors (Lipinski definition) is 1. The van der Waals surface area contributed by atoms with Gasteiger partial charge in [0.1, 0.15) is 5.82 Å². The van der Waals surface area contributed by atoms with Gasteiger partial charge >= 0.3 is 0 Å². The fraction of sp³-hybridized carbons (Fsp3) is 0.182. The molecular weight excluding hydrogens is 596 g/mol. The van der Waals surface area contributed by atoms with Gasteiger partial charge in [-0.15, -0.1) is 21.5 Å². The summed E-state index contributed by atoms with van der Waals surface area (Å²) in [5.41, 5.74) is 4.45. The van der Waals surface area contributed by atoms with Gasteiger partial charge in [-0.2, -0.15) is 5.10 Å². The number of nitrogens with zero attached hydrogens (tertiary/aromatic N) is 5. The number of carbonyl (C=O) groups is 2. The fourth-order valence-corrected chi connectivity index (χ4v) is 6.57. The van der Waals surface area contributed by atoms with E-state index < -0.39 is 0 Å². The van der Waals surface area contributed by atoms with E-state index in [0.717, 1.165) is 33.0 Å². The lowest BCUT2D eigenvalue weighted by molar-refractivity contribution is -0.130. The number of halogens is 1. The Hall–Kier alpha value is -4.61. The highest BCUT2D eigenvalue weighted by Crippen LogP contribution is 2.35. The van der Waals surface area contributed by atoms with Gasteiger partial charge in [0.2, 0.25) is 5.91 Å². The zero-order valence-corrected chi connectivity index (χ0v) is 25.5. The third kappa shape index (κ3) is 6.79. The molecule has 1 aliphatic rings. The molecule has 8 nitrogen and oxygen atoms in total. The second-order valence-electron chi connectivity index (χ2n) is 10.3. The van der Waals surface area contributed by atoms with Gasteiger partial charge in [-0.3, -0.25) is 14.2 Å². The maximum atomic E-state index is 13.7. The molecule has 0 saturated carbocycles. The summed E-state index contributed by atoms with van der Waals surface area (Å²) >= 11 is 2.83. The highest BCUT2D eigenvalue weighted by molar-refractivity contribution is 7.99. The van der Waals surface area contributed by atoms with Crippen molar-refractivity contribution >= 4 is 40.6 Å². The van der Waals surface area contributed by atoms with E-state index in [-0.39, 0.29) is 42.4 Å². The van der Waals surface area contributed by atoms with Gasteiger partial charge in [-0.25, -0.2) is 9.40 Å². The number of aryl methyl sites for hydroxylation is 1. The summed E-state index contributed by atoms with van der Waals surface area (Å²) in [5, 5.41) is 20.5. The summed E-state index contributed by atoms with van der Waals surface area (Å²) < 4.78 is 15.6. The number of amides is 2. The van der Waals surface area contributed by atoms with Crippen LogP contribution < -0.4 is 5.32 Å². The van der Waals surface area contributed by atoms with Crippen LogP contribution in [0.3, 0.4) is 0 Å². The third-order valence-corrected chi connectivity index (χ3v) is 8.99. The molecule has 0 bridgehead atoms. The zero-order valence-electron chi connectivity index (χ0n) is 23.9. The van der Waals surface area contributed by atoms with Crippen molar-refractivity contribution < 1.29 is 14.0 Å². The van der Waals surface area contributed by atoms with Gasteiger partial charge in [-0.05, 0) is 59.3 Å². The van der Waals surface area contributed by atoms with Gasteiger partial charge in [0, 0.05) is 12.1 Å². The van der Waals surface area contributed by atoms with E-state index in [2.05, 4.69) is 15.5 Å². The summed E-state index contributed by atoms with van der Waals surface area (Å²) in [6.45, 7) is 2.17. The number of benzene rings is 3. The molecule has 0 aliphatic carbocycles. The number of thioether (sulfide) groups is 1. The van der Waals surface area contributed by atoms with Crippen molar-refractivity contribution in [2.45, 2.75) is 37.5 Å². The molecule has 0 saturated heterocycles. The third-order valence-electron chi connectivity index (χ3n) is 7.16. The Balaban J connectivity index is 1.21. The Morgan fingerprint density at radius 1 is 1.00 bits per heavy atom. The molecule has 6 rings (SSSR count). The Kier molecular flexibility index (Phi) is 8.94. The molecule has 0 spiro atoms. The van der Waals surface area contributed by atoms with Crippen LogP contribution >= 0.6 is 23.1 Å². The first-order chi connectivity index (χ1) is 21.4. The van der Waals surface area contributed by atoms with E-state index >= 15 is 0 Å². The van der Waals surface area contributed by atoms with Crippen LogP contribution in [0.15, 0.2) is 107 Å². The lowest BCUT2D eigenvalue weighted by Gasteiger charge is -2.22. The van der Waals surface area contributed by atoms with Crippen molar-refractivity contribution in [1.82, 2.24) is 25.1 Å². The van der Waals surface area contributed by atoms with E-state index in [1.54, 1.807) is 23.5 Å². The van der Waals surface area contributed by atoms with Crippen LogP contribution in [0.1, 0.15) is 39.9 Å². The Morgan fingerprint density at radius 3 is 2.57 bits per heavy atom. The molecule has 0 fully saturated rings. The smallest absolute Gasteiger partial charge is 0.253 e. The molecule has 0 radical (unpaired) electrons. The van der Waals surface area contributed by atoms with Gasteiger partial charge in [0.05, 0.1) is 35.3 Å². The van der Waals surface area contributed by atoms with Crippen molar-refractivity contribution in [2.24, 2.45) is 5.10 Å². The minimum absolute atomic E-state index is 0.0588.